The van der Waals surface area contributed by atoms with Gasteiger partial charge in [-0.15, -0.1) is 0 Å². The summed E-state index contributed by atoms with van der Waals surface area (Å²) in [6, 6.07) is 0. The number of nitrogens with one attached hydrogen (secondary N) is 2. The number of rotatable bonds is 3. The van der Waals surface area contributed by atoms with Crippen LogP contribution < -0.4 is 10.6 Å². The van der Waals surface area contributed by atoms with E-state index in [2.05, 4.69) is 17.2 Å². The molecule has 2 heteroatoms. The van der Waals surface area contributed by atoms with E-state index in [-0.39, 0.29) is 0 Å². The second kappa shape index (κ2) is 3.68. The molecular weight excluding hydrogens is 88.1 g/mol. The van der Waals surface area contributed by atoms with E-state index >= 15 is 0 Å². The first kappa shape index (κ1) is 6.50. The minimum absolute atomic E-state index is 0.331. The smallest absolute Gasteiger partial charge is 0.0731 e. The predicted octanol–water partition coefficient (Wildman–Crippen LogP) is 0.285. The first-order valence-electron chi connectivity index (χ1n) is 2.35. The summed E-state index contributed by atoms with van der Waals surface area (Å²) in [7, 11) is 1.89. The molecule has 0 saturated heterocycles. The molecular formula is C5H12N2. The van der Waals surface area contributed by atoms with Crippen molar-refractivity contribution in [1.29, 1.82) is 0 Å². The maximum absolute atomic E-state index is 3.50. The monoisotopic (exact) mass is 100 g/mol. The Balaban J connectivity index is 2.98. The zero-order valence-corrected chi connectivity index (χ0v) is 4.86. The number of hydrogen-bond acceptors (Lipinski definition) is 2. The molecule has 0 saturated carbocycles. The third-order valence-corrected chi connectivity index (χ3v) is 0.801. The topological polar surface area (TPSA) is 24.1 Å². The second-order valence-corrected chi connectivity index (χ2v) is 1.38. The molecule has 7 heavy (non-hydrogen) atoms. The van der Waals surface area contributed by atoms with Crippen LogP contribution in [0.15, 0.2) is 12.8 Å². The molecule has 0 aliphatic carbocycles. The van der Waals surface area contributed by atoms with Gasteiger partial charge in [-0.3, -0.25) is 0 Å². The lowest BCUT2D eigenvalue weighted by Crippen LogP contribution is -2.33. The Labute approximate surface area is 44.6 Å². The first-order chi connectivity index (χ1) is 3.31. The summed E-state index contributed by atoms with van der Waals surface area (Å²) in [6.07, 6.45) is 2.00. The van der Waals surface area contributed by atoms with E-state index in [0.29, 0.717) is 6.17 Å². The van der Waals surface area contributed by atoms with Crippen molar-refractivity contribution >= 4 is 0 Å². The molecule has 1 unspecified atom stereocenters. The summed E-state index contributed by atoms with van der Waals surface area (Å²) in [4.78, 5) is 0. The molecule has 0 spiro atoms. The van der Waals surface area contributed by atoms with Gasteiger partial charge in [0.15, 0.2) is 0 Å². The molecule has 1 atom stereocenters. The van der Waals surface area contributed by atoms with Crippen molar-refractivity contribution in [3.05, 3.63) is 12.8 Å². The van der Waals surface area contributed by atoms with Gasteiger partial charge in [0.2, 0.25) is 0 Å². The zero-order valence-electron chi connectivity index (χ0n) is 4.86. The fraction of sp³-hybridized carbons (Fsp3) is 0.600. The second-order valence-electron chi connectivity index (χ2n) is 1.38. The van der Waals surface area contributed by atoms with Crippen molar-refractivity contribution in [3.8, 4) is 0 Å². The van der Waals surface area contributed by atoms with Gasteiger partial charge in [-0.2, -0.15) is 0 Å². The van der Waals surface area contributed by atoms with Gasteiger partial charge in [0, 0.05) is 0 Å². The van der Waals surface area contributed by atoms with Crippen LogP contribution in [-0.2, 0) is 0 Å². The van der Waals surface area contributed by atoms with Crippen molar-refractivity contribution in [3.63, 3.8) is 0 Å². The third-order valence-electron chi connectivity index (χ3n) is 0.801. The lowest BCUT2D eigenvalue weighted by molar-refractivity contribution is 0.559. The Morgan fingerprint density at radius 3 is 2.43 bits per heavy atom. The largest absolute Gasteiger partial charge is 0.377 e. The van der Waals surface area contributed by atoms with E-state index in [4.69, 9.17) is 0 Å². The Kier molecular flexibility index (Phi) is 3.42. The summed E-state index contributed by atoms with van der Waals surface area (Å²) < 4.78 is 0. The lowest BCUT2D eigenvalue weighted by atomic mass is 10.6. The molecule has 0 heterocycles. The van der Waals surface area contributed by atoms with Gasteiger partial charge >= 0.3 is 0 Å². The standard InChI is InChI=1S/C5H12N2/c1-4-7-5(2)6-3/h4-7H,1H2,2-3H3. The minimum Gasteiger partial charge on any atom is -0.377 e. The molecule has 0 bridgehead atoms. The summed E-state index contributed by atoms with van der Waals surface area (Å²) >= 11 is 0. The highest BCUT2D eigenvalue weighted by Crippen LogP contribution is 1.66. The van der Waals surface area contributed by atoms with Crippen molar-refractivity contribution in [2.45, 2.75) is 13.1 Å². The predicted molar refractivity (Wildman–Crippen MR) is 31.9 cm³/mol. The first-order valence-corrected chi connectivity index (χ1v) is 2.35. The molecule has 0 aromatic heterocycles. The fourth-order valence-corrected chi connectivity index (χ4v) is 0.260. The molecule has 0 aliphatic heterocycles. The number of hydrogen-bond donors (Lipinski definition) is 2. The van der Waals surface area contributed by atoms with E-state index < -0.39 is 0 Å². The molecule has 2 nitrogen and oxygen atoms in total. The van der Waals surface area contributed by atoms with Gasteiger partial charge in [-0.25, -0.2) is 0 Å². The molecule has 0 fully saturated rings. The van der Waals surface area contributed by atoms with Gasteiger partial charge in [0.25, 0.3) is 0 Å². The van der Waals surface area contributed by atoms with Crippen LogP contribution in [0.1, 0.15) is 6.92 Å². The lowest BCUT2D eigenvalue weighted by Gasteiger charge is -2.07. The van der Waals surface area contributed by atoms with Crippen LogP contribution in [0, 0.1) is 0 Å². The quantitative estimate of drug-likeness (QED) is 0.498. The van der Waals surface area contributed by atoms with Gasteiger partial charge < -0.3 is 10.6 Å². The van der Waals surface area contributed by atoms with E-state index in [1.165, 1.54) is 0 Å². The van der Waals surface area contributed by atoms with Crippen molar-refractivity contribution in [2.24, 2.45) is 0 Å². The molecule has 0 aliphatic rings. The molecule has 0 amide bonds. The Bertz CT molecular complexity index is 52.0. The summed E-state index contributed by atoms with van der Waals surface area (Å²) in [5, 5.41) is 5.93. The minimum atomic E-state index is 0.331. The Hall–Kier alpha value is -0.500. The van der Waals surface area contributed by atoms with Crippen molar-refractivity contribution in [1.82, 2.24) is 10.6 Å². The highest BCUT2D eigenvalue weighted by molar-refractivity contribution is 4.66. The van der Waals surface area contributed by atoms with Gasteiger partial charge in [0.05, 0.1) is 6.17 Å². The molecule has 2 N–H and O–H groups in total. The summed E-state index contributed by atoms with van der Waals surface area (Å²) in [6.45, 7) is 5.51. The molecule has 42 valence electrons. The summed E-state index contributed by atoms with van der Waals surface area (Å²) in [5.41, 5.74) is 0. The van der Waals surface area contributed by atoms with Crippen LogP contribution in [-0.4, -0.2) is 13.2 Å². The SMILES string of the molecule is C=CNC(C)NC. The fourth-order valence-electron chi connectivity index (χ4n) is 0.260. The molecule has 0 aromatic rings. The Morgan fingerprint density at radius 1 is 1.71 bits per heavy atom. The van der Waals surface area contributed by atoms with E-state index in [9.17, 15) is 0 Å². The van der Waals surface area contributed by atoms with Crippen LogP contribution in [0.25, 0.3) is 0 Å². The van der Waals surface area contributed by atoms with Crippen LogP contribution in [0.4, 0.5) is 0 Å². The average Bonchev–Trinajstić information content (AvgIpc) is 1.68. The van der Waals surface area contributed by atoms with Crippen LogP contribution in [0.5, 0.6) is 0 Å². The zero-order chi connectivity index (χ0) is 5.70. The van der Waals surface area contributed by atoms with Crippen molar-refractivity contribution < 1.29 is 0 Å². The average molecular weight is 100 g/mol. The van der Waals surface area contributed by atoms with Gasteiger partial charge in [0.1, 0.15) is 0 Å². The molecule has 0 aromatic carbocycles. The van der Waals surface area contributed by atoms with Crippen LogP contribution in [0.3, 0.4) is 0 Å². The van der Waals surface area contributed by atoms with E-state index in [1.807, 2.05) is 14.0 Å². The molecule has 0 rings (SSSR count). The van der Waals surface area contributed by atoms with E-state index in [1.54, 1.807) is 6.20 Å². The van der Waals surface area contributed by atoms with E-state index in [0.717, 1.165) is 0 Å². The third kappa shape index (κ3) is 3.33. The maximum atomic E-state index is 3.50. The van der Waals surface area contributed by atoms with Crippen molar-refractivity contribution in [2.75, 3.05) is 7.05 Å². The maximum Gasteiger partial charge on any atom is 0.0731 e. The Morgan fingerprint density at radius 2 is 2.29 bits per heavy atom. The summed E-state index contributed by atoms with van der Waals surface area (Å²) in [5.74, 6) is 0. The van der Waals surface area contributed by atoms with Gasteiger partial charge in [-0.1, -0.05) is 6.58 Å². The van der Waals surface area contributed by atoms with Crippen LogP contribution >= 0.6 is 0 Å². The van der Waals surface area contributed by atoms with Gasteiger partial charge in [-0.05, 0) is 20.2 Å². The highest BCUT2D eigenvalue weighted by Gasteiger charge is 1.85. The highest BCUT2D eigenvalue weighted by atomic mass is 15.1. The molecule has 0 radical (unpaired) electrons. The normalized spacial score (nSPS) is 12.9. The van der Waals surface area contributed by atoms with Crippen LogP contribution in [0.2, 0.25) is 0 Å².